The third kappa shape index (κ3) is 7.18. The highest BCUT2D eigenvalue weighted by Gasteiger charge is 2.19. The predicted octanol–water partition coefficient (Wildman–Crippen LogP) is 4.48. The quantitative estimate of drug-likeness (QED) is 0.528. The zero-order valence-electron chi connectivity index (χ0n) is 15.2. The van der Waals surface area contributed by atoms with Gasteiger partial charge in [0.15, 0.2) is 0 Å². The van der Waals surface area contributed by atoms with Crippen molar-refractivity contribution in [2.45, 2.75) is 32.6 Å². The van der Waals surface area contributed by atoms with E-state index in [9.17, 15) is 0 Å². The molecule has 0 aromatic rings. The van der Waals surface area contributed by atoms with Crippen LogP contribution in [0.25, 0.3) is 0 Å². The molecule has 0 saturated heterocycles. The number of rotatable bonds is 8. The average Bonchev–Trinajstić information content (AvgIpc) is 2.58. The Bertz CT molecular complexity index is 469. The van der Waals surface area contributed by atoms with Gasteiger partial charge >= 0.3 is 0 Å². The van der Waals surface area contributed by atoms with Crippen LogP contribution >= 0.6 is 0 Å². The lowest BCUT2D eigenvalue weighted by Crippen LogP contribution is -2.28. The molecule has 0 heterocycles. The molecular formula is C20H33N3. The molecule has 0 bridgehead atoms. The SMILES string of the molecule is C=C/C=C(\C=C)CN(CC)C1=C(C(=C)NC)CCCC1.C=NC. The molecule has 1 aliphatic carbocycles. The first kappa shape index (κ1) is 21.0. The fourth-order valence-electron chi connectivity index (χ4n) is 2.67. The number of hydrogen-bond donors (Lipinski definition) is 1. The van der Waals surface area contributed by atoms with Crippen LogP contribution in [-0.2, 0) is 0 Å². The molecule has 0 aliphatic heterocycles. The summed E-state index contributed by atoms with van der Waals surface area (Å²) in [5, 5.41) is 3.21. The molecule has 23 heavy (non-hydrogen) atoms. The van der Waals surface area contributed by atoms with Crippen molar-refractivity contribution in [2.75, 3.05) is 27.2 Å². The second-order valence-electron chi connectivity index (χ2n) is 5.37. The summed E-state index contributed by atoms with van der Waals surface area (Å²) in [6, 6.07) is 0. The summed E-state index contributed by atoms with van der Waals surface area (Å²) in [5.74, 6) is 0. The van der Waals surface area contributed by atoms with Gasteiger partial charge in [-0.15, -0.1) is 0 Å². The number of allylic oxidation sites excluding steroid dienone is 4. The second-order valence-corrected chi connectivity index (χ2v) is 5.37. The number of likely N-dealkylation sites (N-methyl/N-ethyl adjacent to an activating group) is 2. The third-order valence-electron chi connectivity index (χ3n) is 3.84. The molecular weight excluding hydrogens is 282 g/mol. The van der Waals surface area contributed by atoms with E-state index in [0.717, 1.165) is 31.6 Å². The molecule has 3 heteroatoms. The minimum absolute atomic E-state index is 0.891. The monoisotopic (exact) mass is 315 g/mol. The van der Waals surface area contributed by atoms with Gasteiger partial charge in [-0.25, -0.2) is 0 Å². The van der Waals surface area contributed by atoms with Crippen LogP contribution in [0.3, 0.4) is 0 Å². The largest absolute Gasteiger partial charge is 0.388 e. The molecule has 1 aliphatic rings. The van der Waals surface area contributed by atoms with Crippen LogP contribution in [0, 0.1) is 0 Å². The molecule has 0 fully saturated rings. The van der Waals surface area contributed by atoms with Crippen molar-refractivity contribution in [1.82, 2.24) is 10.2 Å². The molecule has 0 spiro atoms. The van der Waals surface area contributed by atoms with Gasteiger partial charge in [-0.1, -0.05) is 38.0 Å². The fourth-order valence-corrected chi connectivity index (χ4v) is 2.67. The summed E-state index contributed by atoms with van der Waals surface area (Å²) in [6.07, 6.45) is 10.6. The molecule has 0 amide bonds. The molecule has 0 aromatic carbocycles. The van der Waals surface area contributed by atoms with E-state index in [0.29, 0.717) is 0 Å². The lowest BCUT2D eigenvalue weighted by Gasteiger charge is -2.32. The highest BCUT2D eigenvalue weighted by Crippen LogP contribution is 2.30. The topological polar surface area (TPSA) is 27.6 Å². The minimum Gasteiger partial charge on any atom is -0.388 e. The van der Waals surface area contributed by atoms with E-state index < -0.39 is 0 Å². The fraction of sp³-hybridized carbons (Fsp3) is 0.450. The van der Waals surface area contributed by atoms with E-state index in [-0.39, 0.29) is 0 Å². The van der Waals surface area contributed by atoms with Gasteiger partial charge in [0.05, 0.1) is 0 Å². The zero-order valence-corrected chi connectivity index (χ0v) is 15.2. The zero-order chi connectivity index (χ0) is 17.7. The van der Waals surface area contributed by atoms with Crippen molar-refractivity contribution in [3.8, 4) is 0 Å². The Labute approximate surface area is 142 Å². The molecule has 3 nitrogen and oxygen atoms in total. The molecule has 1 rings (SSSR count). The van der Waals surface area contributed by atoms with E-state index in [1.807, 2.05) is 25.3 Å². The summed E-state index contributed by atoms with van der Waals surface area (Å²) < 4.78 is 0. The van der Waals surface area contributed by atoms with Crippen LogP contribution in [0.1, 0.15) is 32.6 Å². The van der Waals surface area contributed by atoms with Crippen molar-refractivity contribution in [1.29, 1.82) is 0 Å². The van der Waals surface area contributed by atoms with E-state index in [2.05, 4.69) is 48.6 Å². The summed E-state index contributed by atoms with van der Waals surface area (Å²) in [6.45, 7) is 19.0. The number of nitrogens with one attached hydrogen (secondary N) is 1. The highest BCUT2D eigenvalue weighted by atomic mass is 15.1. The van der Waals surface area contributed by atoms with E-state index in [4.69, 9.17) is 0 Å². The van der Waals surface area contributed by atoms with Crippen LogP contribution in [0.15, 0.2) is 65.5 Å². The first-order valence-electron chi connectivity index (χ1n) is 8.22. The van der Waals surface area contributed by atoms with Gasteiger partial charge in [0, 0.05) is 38.6 Å². The molecule has 1 N–H and O–H groups in total. The van der Waals surface area contributed by atoms with Gasteiger partial charge in [0.25, 0.3) is 0 Å². The minimum atomic E-state index is 0.891. The first-order valence-corrected chi connectivity index (χ1v) is 8.22. The maximum atomic E-state index is 4.15. The molecule has 128 valence electrons. The highest BCUT2D eigenvalue weighted by molar-refractivity contribution is 5.34. The predicted molar refractivity (Wildman–Crippen MR) is 105 cm³/mol. The Morgan fingerprint density at radius 3 is 2.39 bits per heavy atom. The average molecular weight is 316 g/mol. The van der Waals surface area contributed by atoms with Gasteiger partial charge < -0.3 is 15.2 Å². The Morgan fingerprint density at radius 1 is 1.30 bits per heavy atom. The van der Waals surface area contributed by atoms with Gasteiger partial charge in [0.1, 0.15) is 0 Å². The standard InChI is InChI=1S/C18H28N2.C2H5N/c1-6-11-16(7-2)14-20(8-3)18-13-10-9-12-17(18)15(4)19-5;1-3-2/h6-7,11,19H,1-2,4,8-10,12-14H2,3,5H3;1H2,2H3/b16-11+;. The van der Waals surface area contributed by atoms with Crippen LogP contribution in [0.4, 0.5) is 0 Å². The number of hydrogen-bond acceptors (Lipinski definition) is 3. The summed E-state index contributed by atoms with van der Waals surface area (Å²) in [5.41, 5.74) is 5.10. The molecule has 0 radical (unpaired) electrons. The van der Waals surface area contributed by atoms with Crippen molar-refractivity contribution < 1.29 is 0 Å². The third-order valence-corrected chi connectivity index (χ3v) is 3.84. The van der Waals surface area contributed by atoms with E-state index in [1.54, 1.807) is 7.05 Å². The lowest BCUT2D eigenvalue weighted by atomic mass is 9.93. The van der Waals surface area contributed by atoms with Crippen LogP contribution < -0.4 is 5.32 Å². The second kappa shape index (κ2) is 12.5. The Hall–Kier alpha value is -2.03. The lowest BCUT2D eigenvalue weighted by molar-refractivity contribution is 0.360. The Morgan fingerprint density at radius 2 is 1.91 bits per heavy atom. The molecule has 0 atom stereocenters. The molecule has 0 unspecified atom stereocenters. The van der Waals surface area contributed by atoms with Crippen LogP contribution in [-0.4, -0.2) is 38.8 Å². The van der Waals surface area contributed by atoms with Crippen molar-refractivity contribution in [3.63, 3.8) is 0 Å². The van der Waals surface area contributed by atoms with Crippen molar-refractivity contribution >= 4 is 6.72 Å². The molecule has 0 saturated carbocycles. The Balaban J connectivity index is 0.00000149. The van der Waals surface area contributed by atoms with Crippen molar-refractivity contribution in [2.24, 2.45) is 4.99 Å². The van der Waals surface area contributed by atoms with E-state index in [1.165, 1.54) is 29.7 Å². The first-order chi connectivity index (χ1) is 11.1. The molecule has 0 aromatic heterocycles. The van der Waals surface area contributed by atoms with Gasteiger partial charge in [-0.2, -0.15) is 0 Å². The van der Waals surface area contributed by atoms with Gasteiger partial charge in [-0.3, -0.25) is 0 Å². The van der Waals surface area contributed by atoms with Gasteiger partial charge in [0.2, 0.25) is 0 Å². The van der Waals surface area contributed by atoms with Gasteiger partial charge in [-0.05, 0) is 50.5 Å². The summed E-state index contributed by atoms with van der Waals surface area (Å²) >= 11 is 0. The summed E-state index contributed by atoms with van der Waals surface area (Å²) in [4.78, 5) is 5.69. The maximum absolute atomic E-state index is 4.15. The van der Waals surface area contributed by atoms with E-state index >= 15 is 0 Å². The van der Waals surface area contributed by atoms with Crippen LogP contribution in [0.2, 0.25) is 0 Å². The number of nitrogens with zero attached hydrogens (tertiary/aromatic N) is 2. The van der Waals surface area contributed by atoms with Crippen molar-refractivity contribution in [3.05, 3.63) is 60.5 Å². The Kier molecular flexibility index (Phi) is 11.4. The normalized spacial score (nSPS) is 14.3. The smallest absolute Gasteiger partial charge is 0.0426 e. The van der Waals surface area contributed by atoms with Crippen LogP contribution in [0.5, 0.6) is 0 Å². The summed E-state index contributed by atoms with van der Waals surface area (Å²) in [7, 11) is 3.59. The maximum Gasteiger partial charge on any atom is 0.0426 e. The number of aliphatic imine (C=N–C) groups is 1.